The predicted octanol–water partition coefficient (Wildman–Crippen LogP) is 2.19. The molecule has 0 aliphatic carbocycles. The van der Waals surface area contributed by atoms with Crippen LogP contribution in [0.3, 0.4) is 0 Å². The van der Waals surface area contributed by atoms with Crippen LogP contribution in [0.15, 0.2) is 28.8 Å². The molecule has 0 unspecified atom stereocenters. The van der Waals surface area contributed by atoms with Gasteiger partial charge in [-0.3, -0.25) is 9.59 Å². The SMILES string of the molecule is CC(C)NC(=O)CNC(=O)CCc1ncc(-c2ccc(F)cc2F)o1. The number of carbonyl (C=O) groups excluding carboxylic acids is 2. The molecule has 0 bridgehead atoms. The molecule has 134 valence electrons. The number of halogens is 2. The van der Waals surface area contributed by atoms with E-state index in [1.54, 1.807) is 0 Å². The van der Waals surface area contributed by atoms with Crippen molar-refractivity contribution in [2.24, 2.45) is 0 Å². The first-order valence-electron chi connectivity index (χ1n) is 7.81. The minimum Gasteiger partial charge on any atom is -0.441 e. The lowest BCUT2D eigenvalue weighted by Gasteiger charge is -2.08. The van der Waals surface area contributed by atoms with Crippen molar-refractivity contribution in [3.8, 4) is 11.3 Å². The molecule has 0 atom stereocenters. The van der Waals surface area contributed by atoms with Crippen LogP contribution in [0.25, 0.3) is 11.3 Å². The molecule has 2 N–H and O–H groups in total. The average molecular weight is 351 g/mol. The van der Waals surface area contributed by atoms with Gasteiger partial charge in [-0.1, -0.05) is 0 Å². The summed E-state index contributed by atoms with van der Waals surface area (Å²) in [5.41, 5.74) is 0.0926. The van der Waals surface area contributed by atoms with Gasteiger partial charge in [0, 0.05) is 24.9 Å². The number of carbonyl (C=O) groups is 2. The number of hydrogen-bond acceptors (Lipinski definition) is 4. The van der Waals surface area contributed by atoms with Crippen molar-refractivity contribution in [1.29, 1.82) is 0 Å². The van der Waals surface area contributed by atoms with Crippen LogP contribution in [0.2, 0.25) is 0 Å². The van der Waals surface area contributed by atoms with E-state index in [1.807, 2.05) is 13.8 Å². The first kappa shape index (κ1) is 18.6. The van der Waals surface area contributed by atoms with Gasteiger partial charge in [0.15, 0.2) is 11.7 Å². The lowest BCUT2D eigenvalue weighted by Crippen LogP contribution is -2.39. The summed E-state index contributed by atoms with van der Waals surface area (Å²) in [4.78, 5) is 27.1. The van der Waals surface area contributed by atoms with Crippen molar-refractivity contribution in [1.82, 2.24) is 15.6 Å². The van der Waals surface area contributed by atoms with Gasteiger partial charge in [0.05, 0.1) is 18.3 Å². The highest BCUT2D eigenvalue weighted by atomic mass is 19.1. The molecule has 6 nitrogen and oxygen atoms in total. The van der Waals surface area contributed by atoms with Crippen molar-refractivity contribution in [2.75, 3.05) is 6.54 Å². The molecule has 2 aromatic rings. The molecule has 0 fully saturated rings. The van der Waals surface area contributed by atoms with E-state index in [9.17, 15) is 18.4 Å². The van der Waals surface area contributed by atoms with Crippen LogP contribution in [-0.4, -0.2) is 29.4 Å². The van der Waals surface area contributed by atoms with E-state index < -0.39 is 11.6 Å². The smallest absolute Gasteiger partial charge is 0.239 e. The van der Waals surface area contributed by atoms with E-state index in [4.69, 9.17) is 4.42 Å². The quantitative estimate of drug-likeness (QED) is 0.801. The van der Waals surface area contributed by atoms with Gasteiger partial charge in [-0.2, -0.15) is 0 Å². The Morgan fingerprint density at radius 2 is 2.00 bits per heavy atom. The molecule has 8 heteroatoms. The Hall–Kier alpha value is -2.77. The predicted molar refractivity (Wildman–Crippen MR) is 86.5 cm³/mol. The summed E-state index contributed by atoms with van der Waals surface area (Å²) >= 11 is 0. The van der Waals surface area contributed by atoms with Crippen LogP contribution in [-0.2, 0) is 16.0 Å². The van der Waals surface area contributed by atoms with Crippen LogP contribution in [0.5, 0.6) is 0 Å². The molecule has 0 radical (unpaired) electrons. The number of nitrogens with one attached hydrogen (secondary N) is 2. The monoisotopic (exact) mass is 351 g/mol. The molecular formula is C17H19F2N3O3. The van der Waals surface area contributed by atoms with Gasteiger partial charge in [0.25, 0.3) is 0 Å². The number of nitrogens with zero attached hydrogens (tertiary/aromatic N) is 1. The Bertz CT molecular complexity index is 759. The van der Waals surface area contributed by atoms with Gasteiger partial charge in [0.2, 0.25) is 11.8 Å². The standard InChI is InChI=1S/C17H19F2N3O3/c1-10(2)22-16(24)9-20-15(23)5-6-17-21-8-14(25-17)12-4-3-11(18)7-13(12)19/h3-4,7-8,10H,5-6,9H2,1-2H3,(H,20,23)(H,22,24). The molecule has 25 heavy (non-hydrogen) atoms. The van der Waals surface area contributed by atoms with Crippen molar-refractivity contribution in [2.45, 2.75) is 32.7 Å². The number of benzene rings is 1. The Morgan fingerprint density at radius 1 is 1.24 bits per heavy atom. The van der Waals surface area contributed by atoms with Crippen LogP contribution >= 0.6 is 0 Å². The maximum Gasteiger partial charge on any atom is 0.239 e. The van der Waals surface area contributed by atoms with Gasteiger partial charge in [-0.15, -0.1) is 0 Å². The highest BCUT2D eigenvalue weighted by Crippen LogP contribution is 2.24. The number of aryl methyl sites for hydroxylation is 1. The molecule has 0 spiro atoms. The molecule has 2 rings (SSSR count). The van der Waals surface area contributed by atoms with Crippen LogP contribution in [0.4, 0.5) is 8.78 Å². The molecule has 0 saturated carbocycles. The number of rotatable bonds is 7. The van der Waals surface area contributed by atoms with E-state index >= 15 is 0 Å². The van der Waals surface area contributed by atoms with Crippen molar-refractivity contribution >= 4 is 11.8 Å². The highest BCUT2D eigenvalue weighted by Gasteiger charge is 2.13. The molecule has 0 aliphatic rings. The molecule has 1 heterocycles. The Balaban J connectivity index is 1.85. The number of hydrogen-bond donors (Lipinski definition) is 2. The van der Waals surface area contributed by atoms with Gasteiger partial charge in [-0.05, 0) is 26.0 Å². The summed E-state index contributed by atoms with van der Waals surface area (Å²) < 4.78 is 32.0. The zero-order valence-corrected chi connectivity index (χ0v) is 13.9. The van der Waals surface area contributed by atoms with Crippen LogP contribution in [0.1, 0.15) is 26.2 Å². The highest BCUT2D eigenvalue weighted by molar-refractivity contribution is 5.84. The normalized spacial score (nSPS) is 10.8. The summed E-state index contributed by atoms with van der Waals surface area (Å²) in [6.45, 7) is 3.54. The van der Waals surface area contributed by atoms with Gasteiger partial charge in [-0.25, -0.2) is 13.8 Å². The summed E-state index contributed by atoms with van der Waals surface area (Å²) in [7, 11) is 0. The third kappa shape index (κ3) is 5.66. The average Bonchev–Trinajstić information content (AvgIpc) is 2.99. The second kappa shape index (κ2) is 8.36. The van der Waals surface area contributed by atoms with Crippen LogP contribution in [0, 0.1) is 11.6 Å². The second-order valence-electron chi connectivity index (χ2n) is 5.74. The maximum absolute atomic E-state index is 13.7. The van der Waals surface area contributed by atoms with Crippen LogP contribution < -0.4 is 10.6 Å². The Labute approximate surface area is 143 Å². The van der Waals surface area contributed by atoms with E-state index in [0.29, 0.717) is 0 Å². The van der Waals surface area contributed by atoms with E-state index in [2.05, 4.69) is 15.6 Å². The largest absolute Gasteiger partial charge is 0.441 e. The minimum absolute atomic E-state index is 0.00185. The topological polar surface area (TPSA) is 84.2 Å². The molecule has 1 aromatic heterocycles. The number of aromatic nitrogens is 1. The fourth-order valence-electron chi connectivity index (χ4n) is 2.10. The number of oxazole rings is 1. The lowest BCUT2D eigenvalue weighted by atomic mass is 10.2. The zero-order valence-electron chi connectivity index (χ0n) is 13.9. The molecule has 2 amide bonds. The zero-order chi connectivity index (χ0) is 18.4. The van der Waals surface area contributed by atoms with Crippen molar-refractivity contribution in [3.63, 3.8) is 0 Å². The number of amides is 2. The van der Waals surface area contributed by atoms with Gasteiger partial charge in [0.1, 0.15) is 11.6 Å². The van der Waals surface area contributed by atoms with Gasteiger partial charge >= 0.3 is 0 Å². The molecular weight excluding hydrogens is 332 g/mol. The second-order valence-corrected chi connectivity index (χ2v) is 5.74. The minimum atomic E-state index is -0.753. The van der Waals surface area contributed by atoms with Gasteiger partial charge < -0.3 is 15.1 Å². The van der Waals surface area contributed by atoms with E-state index in [1.165, 1.54) is 12.3 Å². The Morgan fingerprint density at radius 3 is 2.68 bits per heavy atom. The molecule has 1 aromatic carbocycles. The fraction of sp³-hybridized carbons (Fsp3) is 0.353. The summed E-state index contributed by atoms with van der Waals surface area (Å²) in [6.07, 6.45) is 1.58. The maximum atomic E-state index is 13.7. The van der Waals surface area contributed by atoms with Crippen molar-refractivity contribution < 1.29 is 22.8 Å². The summed E-state index contributed by atoms with van der Waals surface area (Å²) in [6, 6.07) is 3.14. The first-order chi connectivity index (χ1) is 11.8. The summed E-state index contributed by atoms with van der Waals surface area (Å²) in [5, 5.41) is 5.15. The lowest BCUT2D eigenvalue weighted by molar-refractivity contribution is -0.126. The Kier molecular flexibility index (Phi) is 6.21. The molecule has 0 aliphatic heterocycles. The third-order valence-electron chi connectivity index (χ3n) is 3.21. The molecule has 0 saturated heterocycles. The first-order valence-corrected chi connectivity index (χ1v) is 7.81. The fourth-order valence-corrected chi connectivity index (χ4v) is 2.10. The summed E-state index contributed by atoms with van der Waals surface area (Å²) in [5.74, 6) is -1.62. The van der Waals surface area contributed by atoms with Crippen molar-refractivity contribution in [3.05, 3.63) is 41.9 Å². The van der Waals surface area contributed by atoms with E-state index in [0.717, 1.165) is 12.1 Å². The van der Waals surface area contributed by atoms with E-state index in [-0.39, 0.29) is 54.5 Å². The third-order valence-corrected chi connectivity index (χ3v) is 3.21.